The number of nitrogens with two attached hydrogens (primary N) is 1. The third-order valence-corrected chi connectivity index (χ3v) is 4.92. The molecule has 6 nitrogen and oxygen atoms in total. The molecule has 1 aromatic rings. The lowest BCUT2D eigenvalue weighted by atomic mass is 9.91. The van der Waals surface area contributed by atoms with Crippen molar-refractivity contribution in [1.82, 2.24) is 10.4 Å². The molecule has 1 saturated heterocycles. The van der Waals surface area contributed by atoms with E-state index in [1.165, 1.54) is 5.56 Å². The van der Waals surface area contributed by atoms with Gasteiger partial charge in [-0.25, -0.2) is 5.48 Å². The van der Waals surface area contributed by atoms with Crippen LogP contribution < -0.4 is 11.2 Å². The Morgan fingerprint density at radius 3 is 2.72 bits per heavy atom. The standard InChI is InChI=1S/C19H29N3O3/c1-14-4-2-6-16(12-14)13-17(20)19(24)22-10-8-15(9-11-22)5-3-7-18(23)21-25/h2,4,6,12,15,17,25H,3,5,7-11,13,20H2,1H3,(H,21,23)/t17-/m1/s1. The summed E-state index contributed by atoms with van der Waals surface area (Å²) >= 11 is 0. The Bertz CT molecular complexity index is 583. The number of hydrogen-bond donors (Lipinski definition) is 3. The van der Waals surface area contributed by atoms with Gasteiger partial charge in [0.2, 0.25) is 11.8 Å². The maximum Gasteiger partial charge on any atom is 0.243 e. The Morgan fingerprint density at radius 1 is 1.36 bits per heavy atom. The van der Waals surface area contributed by atoms with Crippen LogP contribution in [0.5, 0.6) is 0 Å². The molecular formula is C19H29N3O3. The van der Waals surface area contributed by atoms with Gasteiger partial charge in [-0.3, -0.25) is 14.8 Å². The second kappa shape index (κ2) is 9.53. The minimum atomic E-state index is -0.494. The minimum absolute atomic E-state index is 0.0274. The molecule has 0 aromatic heterocycles. The molecule has 0 bridgehead atoms. The number of nitrogens with zero attached hydrogens (tertiary/aromatic N) is 1. The summed E-state index contributed by atoms with van der Waals surface area (Å²) in [6.07, 6.45) is 4.52. The molecule has 1 atom stereocenters. The van der Waals surface area contributed by atoms with Gasteiger partial charge in [0.15, 0.2) is 0 Å². The van der Waals surface area contributed by atoms with E-state index in [0.717, 1.165) is 44.3 Å². The molecule has 0 spiro atoms. The zero-order chi connectivity index (χ0) is 18.2. The highest BCUT2D eigenvalue weighted by Gasteiger charge is 2.26. The molecule has 2 rings (SSSR count). The van der Waals surface area contributed by atoms with E-state index in [1.54, 1.807) is 5.48 Å². The second-order valence-electron chi connectivity index (χ2n) is 7.00. The molecule has 0 saturated carbocycles. The average Bonchev–Trinajstić information content (AvgIpc) is 2.61. The Balaban J connectivity index is 1.74. The highest BCUT2D eigenvalue weighted by molar-refractivity contribution is 5.82. The van der Waals surface area contributed by atoms with E-state index >= 15 is 0 Å². The quantitative estimate of drug-likeness (QED) is 0.517. The third kappa shape index (κ3) is 6.14. The number of carbonyl (C=O) groups excluding carboxylic acids is 2. The van der Waals surface area contributed by atoms with Gasteiger partial charge in [0.05, 0.1) is 6.04 Å². The van der Waals surface area contributed by atoms with Crippen molar-refractivity contribution >= 4 is 11.8 Å². The Labute approximate surface area is 149 Å². The van der Waals surface area contributed by atoms with Gasteiger partial charge in [0, 0.05) is 19.5 Å². The van der Waals surface area contributed by atoms with Crippen LogP contribution >= 0.6 is 0 Å². The first kappa shape index (κ1) is 19.4. The Morgan fingerprint density at radius 2 is 2.08 bits per heavy atom. The molecule has 138 valence electrons. The van der Waals surface area contributed by atoms with E-state index < -0.39 is 6.04 Å². The van der Waals surface area contributed by atoms with Crippen molar-refractivity contribution in [2.45, 2.75) is 51.5 Å². The summed E-state index contributed by atoms with van der Waals surface area (Å²) in [5.74, 6) is 0.220. The van der Waals surface area contributed by atoms with Crippen molar-refractivity contribution in [1.29, 1.82) is 0 Å². The summed E-state index contributed by atoms with van der Waals surface area (Å²) in [4.78, 5) is 25.4. The van der Waals surface area contributed by atoms with E-state index in [-0.39, 0.29) is 11.8 Å². The van der Waals surface area contributed by atoms with Gasteiger partial charge in [-0.15, -0.1) is 0 Å². The van der Waals surface area contributed by atoms with Crippen LogP contribution in [-0.2, 0) is 16.0 Å². The predicted octanol–water partition coefficient (Wildman–Crippen LogP) is 1.78. The lowest BCUT2D eigenvalue weighted by molar-refractivity contribution is -0.134. The van der Waals surface area contributed by atoms with E-state index in [1.807, 2.05) is 30.0 Å². The number of benzene rings is 1. The third-order valence-electron chi connectivity index (χ3n) is 4.92. The van der Waals surface area contributed by atoms with Crippen molar-refractivity contribution in [2.24, 2.45) is 11.7 Å². The van der Waals surface area contributed by atoms with Gasteiger partial charge in [-0.1, -0.05) is 29.8 Å². The summed E-state index contributed by atoms with van der Waals surface area (Å²) < 4.78 is 0. The van der Waals surface area contributed by atoms with E-state index in [4.69, 9.17) is 10.9 Å². The zero-order valence-corrected chi connectivity index (χ0v) is 14.9. The van der Waals surface area contributed by atoms with Crippen molar-refractivity contribution in [3.8, 4) is 0 Å². The molecule has 1 aliphatic rings. The first-order valence-electron chi connectivity index (χ1n) is 9.02. The summed E-state index contributed by atoms with van der Waals surface area (Å²) in [6.45, 7) is 3.50. The number of amides is 2. The number of hydroxylamine groups is 1. The van der Waals surface area contributed by atoms with Gasteiger partial charge in [0.25, 0.3) is 0 Å². The van der Waals surface area contributed by atoms with Crippen LogP contribution in [0, 0.1) is 12.8 Å². The van der Waals surface area contributed by atoms with Crippen LogP contribution in [0.2, 0.25) is 0 Å². The number of likely N-dealkylation sites (tertiary alicyclic amines) is 1. The van der Waals surface area contributed by atoms with Gasteiger partial charge >= 0.3 is 0 Å². The molecule has 25 heavy (non-hydrogen) atoms. The first-order valence-corrected chi connectivity index (χ1v) is 9.02. The fourth-order valence-corrected chi connectivity index (χ4v) is 3.46. The molecule has 6 heteroatoms. The normalized spacial score (nSPS) is 16.5. The summed E-state index contributed by atoms with van der Waals surface area (Å²) in [5, 5.41) is 8.48. The van der Waals surface area contributed by atoms with Gasteiger partial charge in [-0.05, 0) is 50.5 Å². The fraction of sp³-hybridized carbons (Fsp3) is 0.579. The number of piperidine rings is 1. The van der Waals surface area contributed by atoms with Crippen LogP contribution in [0.25, 0.3) is 0 Å². The number of nitrogens with one attached hydrogen (secondary N) is 1. The molecule has 1 aromatic carbocycles. The van der Waals surface area contributed by atoms with Gasteiger partial charge < -0.3 is 10.6 Å². The van der Waals surface area contributed by atoms with Crippen molar-refractivity contribution in [3.05, 3.63) is 35.4 Å². The summed E-state index contributed by atoms with van der Waals surface area (Å²) in [7, 11) is 0. The summed E-state index contributed by atoms with van der Waals surface area (Å²) in [6, 6.07) is 7.61. The lowest BCUT2D eigenvalue weighted by Crippen LogP contribution is -2.48. The lowest BCUT2D eigenvalue weighted by Gasteiger charge is -2.33. The number of carbonyl (C=O) groups is 2. The summed E-state index contributed by atoms with van der Waals surface area (Å²) in [5.41, 5.74) is 10.1. The van der Waals surface area contributed by atoms with E-state index in [2.05, 4.69) is 6.07 Å². The van der Waals surface area contributed by atoms with Crippen molar-refractivity contribution < 1.29 is 14.8 Å². The smallest absolute Gasteiger partial charge is 0.243 e. The van der Waals surface area contributed by atoms with Crippen LogP contribution in [0.15, 0.2) is 24.3 Å². The molecule has 1 fully saturated rings. The monoisotopic (exact) mass is 347 g/mol. The Kier molecular flexibility index (Phi) is 7.40. The van der Waals surface area contributed by atoms with Crippen LogP contribution in [0.4, 0.5) is 0 Å². The number of rotatable bonds is 7. The van der Waals surface area contributed by atoms with E-state index in [9.17, 15) is 9.59 Å². The maximum atomic E-state index is 12.6. The molecule has 1 heterocycles. The molecule has 0 aliphatic carbocycles. The van der Waals surface area contributed by atoms with Crippen LogP contribution in [0.3, 0.4) is 0 Å². The van der Waals surface area contributed by atoms with Crippen LogP contribution in [0.1, 0.15) is 43.2 Å². The molecule has 0 radical (unpaired) electrons. The Hall–Kier alpha value is -1.92. The molecular weight excluding hydrogens is 318 g/mol. The zero-order valence-electron chi connectivity index (χ0n) is 14.9. The molecule has 2 amide bonds. The predicted molar refractivity (Wildman–Crippen MR) is 95.9 cm³/mol. The maximum absolute atomic E-state index is 12.6. The highest BCUT2D eigenvalue weighted by atomic mass is 16.5. The second-order valence-corrected chi connectivity index (χ2v) is 7.00. The minimum Gasteiger partial charge on any atom is -0.341 e. The topological polar surface area (TPSA) is 95.7 Å². The van der Waals surface area contributed by atoms with Crippen molar-refractivity contribution in [3.63, 3.8) is 0 Å². The van der Waals surface area contributed by atoms with Crippen LogP contribution in [-0.4, -0.2) is 41.1 Å². The fourth-order valence-electron chi connectivity index (χ4n) is 3.46. The van der Waals surface area contributed by atoms with E-state index in [0.29, 0.717) is 18.8 Å². The number of hydrogen-bond acceptors (Lipinski definition) is 4. The molecule has 4 N–H and O–H groups in total. The average molecular weight is 347 g/mol. The molecule has 1 aliphatic heterocycles. The largest absolute Gasteiger partial charge is 0.341 e. The highest BCUT2D eigenvalue weighted by Crippen LogP contribution is 2.23. The van der Waals surface area contributed by atoms with Gasteiger partial charge in [0.1, 0.15) is 0 Å². The molecule has 0 unspecified atom stereocenters. The van der Waals surface area contributed by atoms with Gasteiger partial charge in [-0.2, -0.15) is 0 Å². The SMILES string of the molecule is Cc1cccc(C[C@@H](N)C(=O)N2CCC(CCCC(=O)NO)CC2)c1. The number of aryl methyl sites for hydroxylation is 1. The van der Waals surface area contributed by atoms with Crippen molar-refractivity contribution in [2.75, 3.05) is 13.1 Å². The first-order chi connectivity index (χ1) is 12.0.